The molecule has 2 N–H and O–H groups in total. The van der Waals surface area contributed by atoms with Crippen LogP contribution in [0.2, 0.25) is 0 Å². The first-order valence-corrected chi connectivity index (χ1v) is 7.26. The maximum atomic E-state index is 12.3. The van der Waals surface area contributed by atoms with E-state index in [1.165, 1.54) is 0 Å². The third kappa shape index (κ3) is 3.72. The molecule has 1 aliphatic heterocycles. The van der Waals surface area contributed by atoms with Crippen molar-refractivity contribution in [2.75, 3.05) is 26.8 Å². The van der Waals surface area contributed by atoms with Crippen LogP contribution in [0.5, 0.6) is 0 Å². The molecule has 0 aromatic carbocycles. The van der Waals surface area contributed by atoms with E-state index in [0.717, 1.165) is 6.42 Å². The van der Waals surface area contributed by atoms with Crippen LogP contribution < -0.4 is 5.32 Å². The van der Waals surface area contributed by atoms with Crippen LogP contribution in [0.4, 0.5) is 0 Å². The summed E-state index contributed by atoms with van der Waals surface area (Å²) in [4.78, 5) is 36.6. The van der Waals surface area contributed by atoms with Crippen molar-refractivity contribution in [1.29, 1.82) is 0 Å². The third-order valence-electron chi connectivity index (χ3n) is 4.34. The molecule has 1 saturated heterocycles. The van der Waals surface area contributed by atoms with Crippen LogP contribution in [0.15, 0.2) is 0 Å². The molecule has 1 unspecified atom stereocenters. The maximum absolute atomic E-state index is 12.3. The highest BCUT2D eigenvalue weighted by Crippen LogP contribution is 2.35. The van der Waals surface area contributed by atoms with Crippen LogP contribution in [-0.2, 0) is 19.1 Å². The van der Waals surface area contributed by atoms with Gasteiger partial charge in [-0.3, -0.25) is 14.4 Å². The second-order valence-corrected chi connectivity index (χ2v) is 5.93. The predicted molar refractivity (Wildman–Crippen MR) is 73.5 cm³/mol. The van der Waals surface area contributed by atoms with Gasteiger partial charge in [-0.05, 0) is 19.3 Å². The van der Waals surface area contributed by atoms with Crippen LogP contribution in [0.3, 0.4) is 0 Å². The van der Waals surface area contributed by atoms with Gasteiger partial charge < -0.3 is 20.1 Å². The lowest BCUT2D eigenvalue weighted by Crippen LogP contribution is -2.56. The lowest BCUT2D eigenvalue weighted by Gasteiger charge is -2.42. The highest BCUT2D eigenvalue weighted by Gasteiger charge is 2.43. The first-order valence-electron chi connectivity index (χ1n) is 7.26. The molecule has 1 aliphatic carbocycles. The number of carboxylic acids is 1. The number of methoxy groups -OCH3 is 1. The zero-order valence-electron chi connectivity index (χ0n) is 12.3. The summed E-state index contributed by atoms with van der Waals surface area (Å²) in [7, 11) is 1.57. The molecule has 118 valence electrons. The summed E-state index contributed by atoms with van der Waals surface area (Å²) in [5.41, 5.74) is -0.605. The third-order valence-corrected chi connectivity index (χ3v) is 4.34. The van der Waals surface area contributed by atoms with E-state index in [1.807, 2.05) is 0 Å². The van der Waals surface area contributed by atoms with Crippen LogP contribution in [-0.4, -0.2) is 60.1 Å². The number of hydrogen-bond acceptors (Lipinski definition) is 4. The van der Waals surface area contributed by atoms with E-state index in [-0.39, 0.29) is 30.6 Å². The molecule has 2 rings (SSSR count). The van der Waals surface area contributed by atoms with Crippen LogP contribution in [0.1, 0.15) is 32.1 Å². The fourth-order valence-electron chi connectivity index (χ4n) is 2.97. The minimum atomic E-state index is -0.904. The molecule has 0 bridgehead atoms. The Labute approximate surface area is 123 Å². The van der Waals surface area contributed by atoms with Gasteiger partial charge in [-0.25, -0.2) is 0 Å². The number of hydrogen-bond donors (Lipinski definition) is 2. The molecule has 1 heterocycles. The molecular weight excluding hydrogens is 276 g/mol. The largest absolute Gasteiger partial charge is 0.481 e. The van der Waals surface area contributed by atoms with Crippen molar-refractivity contribution < 1.29 is 24.2 Å². The molecule has 7 nitrogen and oxygen atoms in total. The molecule has 1 atom stereocenters. The number of carboxylic acid groups (broad SMARTS) is 1. The number of aliphatic carboxylic acids is 1. The van der Waals surface area contributed by atoms with Gasteiger partial charge in [0.05, 0.1) is 24.5 Å². The average molecular weight is 298 g/mol. The lowest BCUT2D eigenvalue weighted by molar-refractivity contribution is -0.141. The Kier molecular flexibility index (Phi) is 4.82. The minimum absolute atomic E-state index is 0.0481. The molecule has 0 radical (unpaired) electrons. The van der Waals surface area contributed by atoms with Crippen LogP contribution in [0.25, 0.3) is 0 Å². The van der Waals surface area contributed by atoms with Gasteiger partial charge in [0, 0.05) is 26.6 Å². The second-order valence-electron chi connectivity index (χ2n) is 5.93. The van der Waals surface area contributed by atoms with Gasteiger partial charge in [0.2, 0.25) is 11.8 Å². The Morgan fingerprint density at radius 1 is 1.48 bits per heavy atom. The number of carbonyl (C=O) groups excluding carboxylic acids is 2. The Hall–Kier alpha value is -1.63. The second kappa shape index (κ2) is 6.43. The van der Waals surface area contributed by atoms with Gasteiger partial charge in [0.1, 0.15) is 0 Å². The van der Waals surface area contributed by atoms with Crippen molar-refractivity contribution >= 4 is 17.8 Å². The SMILES string of the molecule is COCCN1CC(C(=O)NC2(CC(=O)O)CCC2)CC1=O. The molecular formula is C14H22N2O5. The average Bonchev–Trinajstić information content (AvgIpc) is 2.74. The van der Waals surface area contributed by atoms with E-state index in [9.17, 15) is 14.4 Å². The molecule has 2 amide bonds. The molecule has 0 aromatic rings. The van der Waals surface area contributed by atoms with Gasteiger partial charge in [-0.15, -0.1) is 0 Å². The molecule has 7 heteroatoms. The smallest absolute Gasteiger partial charge is 0.305 e. The van der Waals surface area contributed by atoms with E-state index < -0.39 is 11.5 Å². The maximum Gasteiger partial charge on any atom is 0.305 e. The zero-order valence-corrected chi connectivity index (χ0v) is 12.3. The number of likely N-dealkylation sites (tertiary alicyclic amines) is 1. The van der Waals surface area contributed by atoms with Crippen molar-refractivity contribution in [3.8, 4) is 0 Å². The summed E-state index contributed by atoms with van der Waals surface area (Å²) in [5, 5.41) is 11.8. The monoisotopic (exact) mass is 298 g/mol. The molecule has 1 saturated carbocycles. The van der Waals surface area contributed by atoms with Gasteiger partial charge in [0.15, 0.2) is 0 Å². The molecule has 2 fully saturated rings. The van der Waals surface area contributed by atoms with Gasteiger partial charge in [0.25, 0.3) is 0 Å². The van der Waals surface area contributed by atoms with E-state index in [1.54, 1.807) is 12.0 Å². The number of amides is 2. The number of nitrogens with one attached hydrogen (secondary N) is 1. The number of nitrogens with zero attached hydrogens (tertiary/aromatic N) is 1. The first kappa shape index (κ1) is 15.8. The van der Waals surface area contributed by atoms with Gasteiger partial charge >= 0.3 is 5.97 Å². The molecule has 0 aromatic heterocycles. The summed E-state index contributed by atoms with van der Waals surface area (Å²) in [6, 6.07) is 0. The van der Waals surface area contributed by atoms with E-state index in [4.69, 9.17) is 9.84 Å². The fourth-order valence-corrected chi connectivity index (χ4v) is 2.97. The first-order chi connectivity index (χ1) is 9.96. The Morgan fingerprint density at radius 3 is 2.71 bits per heavy atom. The van der Waals surface area contributed by atoms with Crippen molar-refractivity contribution in [2.45, 2.75) is 37.6 Å². The summed E-state index contributed by atoms with van der Waals surface area (Å²) < 4.78 is 4.94. The van der Waals surface area contributed by atoms with Crippen LogP contribution >= 0.6 is 0 Å². The number of rotatable bonds is 7. The van der Waals surface area contributed by atoms with Crippen molar-refractivity contribution in [1.82, 2.24) is 10.2 Å². The quantitative estimate of drug-likeness (QED) is 0.689. The predicted octanol–water partition coefficient (Wildman–Crippen LogP) is -0.00510. The van der Waals surface area contributed by atoms with Crippen molar-refractivity contribution in [3.05, 3.63) is 0 Å². The van der Waals surface area contributed by atoms with Gasteiger partial charge in [-0.1, -0.05) is 0 Å². The minimum Gasteiger partial charge on any atom is -0.481 e. The summed E-state index contributed by atoms with van der Waals surface area (Å²) in [6.45, 7) is 1.32. The van der Waals surface area contributed by atoms with Gasteiger partial charge in [-0.2, -0.15) is 0 Å². The molecule has 21 heavy (non-hydrogen) atoms. The summed E-state index contributed by atoms with van der Waals surface area (Å²) in [5.74, 6) is -1.54. The Balaban J connectivity index is 1.89. The molecule has 2 aliphatic rings. The van der Waals surface area contributed by atoms with Crippen molar-refractivity contribution in [2.24, 2.45) is 5.92 Å². The number of carbonyl (C=O) groups is 3. The Morgan fingerprint density at radius 2 is 2.19 bits per heavy atom. The Bertz CT molecular complexity index is 433. The highest BCUT2D eigenvalue weighted by atomic mass is 16.5. The summed E-state index contributed by atoms with van der Waals surface area (Å²) >= 11 is 0. The van der Waals surface area contributed by atoms with Crippen molar-refractivity contribution in [3.63, 3.8) is 0 Å². The standard InChI is InChI=1S/C14H22N2O5/c1-21-6-5-16-9-10(7-11(16)17)13(20)15-14(3-2-4-14)8-12(18)19/h10H,2-9H2,1H3,(H,15,20)(H,18,19). The highest BCUT2D eigenvalue weighted by molar-refractivity contribution is 5.90. The van der Waals surface area contributed by atoms with E-state index in [2.05, 4.69) is 5.32 Å². The molecule has 0 spiro atoms. The number of ether oxygens (including phenoxy) is 1. The zero-order chi connectivity index (χ0) is 15.5. The summed E-state index contributed by atoms with van der Waals surface area (Å²) in [6.07, 6.45) is 2.46. The lowest BCUT2D eigenvalue weighted by atomic mass is 9.74. The fraction of sp³-hybridized carbons (Fsp3) is 0.786. The van der Waals surface area contributed by atoms with E-state index in [0.29, 0.717) is 32.5 Å². The van der Waals surface area contributed by atoms with Crippen LogP contribution in [0, 0.1) is 5.92 Å². The van der Waals surface area contributed by atoms with E-state index >= 15 is 0 Å². The topological polar surface area (TPSA) is 95.9 Å². The normalized spacial score (nSPS) is 23.8.